The Labute approximate surface area is 140 Å². The van der Waals surface area contributed by atoms with E-state index < -0.39 is 5.72 Å². The Morgan fingerprint density at radius 2 is 1.67 bits per heavy atom. The van der Waals surface area contributed by atoms with Gasteiger partial charge in [-0.15, -0.1) is 0 Å². The van der Waals surface area contributed by atoms with E-state index in [9.17, 15) is 4.79 Å². The minimum Gasteiger partial charge on any atom is -0.407 e. The summed E-state index contributed by atoms with van der Waals surface area (Å²) in [7, 11) is 0. The predicted octanol–water partition coefficient (Wildman–Crippen LogP) is 3.29. The maximum absolute atomic E-state index is 12.4. The molecule has 118 valence electrons. The number of carbonyl (C=O) groups is 1. The van der Waals surface area contributed by atoms with E-state index in [4.69, 9.17) is 4.74 Å². The summed E-state index contributed by atoms with van der Waals surface area (Å²) >= 11 is 0. The fraction of sp³-hybridized carbons (Fsp3) is 0.100. The van der Waals surface area contributed by atoms with Crippen molar-refractivity contribution in [3.8, 4) is 0 Å². The van der Waals surface area contributed by atoms with Gasteiger partial charge in [-0.25, -0.2) is 15.1 Å². The standard InChI is InChI=1S/C20H16N2O2/c1-14-8-7-13-18(21-14)22-20(15-9-3-2-4-10-15)17-12-6-5-11-16(17)19(23)24-20/h2-13H,1H3,(H,21,22)/p+1/t20-/m1/s1. The Morgan fingerprint density at radius 1 is 0.917 bits per heavy atom. The van der Waals surface area contributed by atoms with Crippen LogP contribution < -0.4 is 10.3 Å². The molecule has 0 spiro atoms. The van der Waals surface area contributed by atoms with E-state index in [-0.39, 0.29) is 5.97 Å². The number of hydrogen-bond donors (Lipinski definition) is 1. The Bertz CT molecular complexity index is 908. The van der Waals surface area contributed by atoms with Gasteiger partial charge in [-0.1, -0.05) is 48.5 Å². The molecule has 4 heteroatoms. The summed E-state index contributed by atoms with van der Waals surface area (Å²) in [5, 5.41) is 3.40. The van der Waals surface area contributed by atoms with E-state index in [1.54, 1.807) is 6.07 Å². The van der Waals surface area contributed by atoms with Crippen LogP contribution in [0.25, 0.3) is 0 Å². The number of benzene rings is 2. The van der Waals surface area contributed by atoms with Crippen molar-refractivity contribution in [3.63, 3.8) is 0 Å². The number of aryl methyl sites for hydroxylation is 1. The van der Waals surface area contributed by atoms with Crippen molar-refractivity contribution in [3.05, 3.63) is 95.2 Å². The molecule has 1 aliphatic heterocycles. The van der Waals surface area contributed by atoms with Crippen molar-refractivity contribution >= 4 is 11.8 Å². The van der Waals surface area contributed by atoms with Crippen LogP contribution in [0.2, 0.25) is 0 Å². The molecule has 1 atom stereocenters. The lowest BCUT2D eigenvalue weighted by atomic mass is 9.93. The predicted molar refractivity (Wildman–Crippen MR) is 90.4 cm³/mol. The second-order valence-electron chi connectivity index (χ2n) is 5.85. The number of aromatic amines is 1. The van der Waals surface area contributed by atoms with Gasteiger partial charge in [0.2, 0.25) is 0 Å². The first-order valence-corrected chi connectivity index (χ1v) is 7.84. The van der Waals surface area contributed by atoms with Gasteiger partial charge in [0.05, 0.1) is 16.8 Å². The molecule has 2 heterocycles. The number of anilines is 1. The molecule has 0 saturated carbocycles. The zero-order valence-electron chi connectivity index (χ0n) is 13.2. The third-order valence-corrected chi connectivity index (χ3v) is 4.20. The van der Waals surface area contributed by atoms with Crippen molar-refractivity contribution in [2.75, 3.05) is 5.32 Å². The zero-order chi connectivity index (χ0) is 16.6. The maximum Gasteiger partial charge on any atom is 0.342 e. The van der Waals surface area contributed by atoms with Crippen LogP contribution >= 0.6 is 0 Å². The summed E-state index contributed by atoms with van der Waals surface area (Å²) in [6.07, 6.45) is 0. The normalized spacial score (nSPS) is 18.8. The number of cyclic esters (lactones) is 1. The van der Waals surface area contributed by atoms with Gasteiger partial charge in [-0.2, -0.15) is 0 Å². The highest BCUT2D eigenvalue weighted by Crippen LogP contribution is 2.41. The molecule has 0 saturated heterocycles. The summed E-state index contributed by atoms with van der Waals surface area (Å²) < 4.78 is 5.88. The lowest BCUT2D eigenvalue weighted by Gasteiger charge is -2.26. The van der Waals surface area contributed by atoms with E-state index in [2.05, 4.69) is 10.3 Å². The number of fused-ring (bicyclic) bond motifs is 1. The number of esters is 1. The van der Waals surface area contributed by atoms with E-state index >= 15 is 0 Å². The lowest BCUT2D eigenvalue weighted by molar-refractivity contribution is -0.372. The fourth-order valence-corrected chi connectivity index (χ4v) is 3.12. The van der Waals surface area contributed by atoms with Crippen molar-refractivity contribution in [1.82, 2.24) is 0 Å². The first kappa shape index (κ1) is 14.5. The Hall–Kier alpha value is -3.14. The number of carbonyl (C=O) groups excluding carboxylic acids is 1. The molecule has 2 aromatic carbocycles. The third kappa shape index (κ3) is 2.24. The second kappa shape index (κ2) is 5.49. The first-order chi connectivity index (χ1) is 11.7. The molecule has 0 bridgehead atoms. The van der Waals surface area contributed by atoms with Gasteiger partial charge in [-0.05, 0) is 25.1 Å². The van der Waals surface area contributed by atoms with Crippen molar-refractivity contribution in [1.29, 1.82) is 0 Å². The minimum atomic E-state index is -1.04. The number of aromatic nitrogens is 1. The molecular formula is C20H17N2O2+. The molecular weight excluding hydrogens is 300 g/mol. The fourth-order valence-electron chi connectivity index (χ4n) is 3.12. The molecule has 1 aliphatic rings. The molecule has 1 aromatic heterocycles. The summed E-state index contributed by atoms with van der Waals surface area (Å²) in [5.41, 5.74) is 2.25. The summed E-state index contributed by atoms with van der Waals surface area (Å²) in [5.74, 6) is 0.456. The minimum absolute atomic E-state index is 0.324. The molecule has 0 aliphatic carbocycles. The lowest BCUT2D eigenvalue weighted by Crippen LogP contribution is -2.39. The number of hydrogen-bond acceptors (Lipinski definition) is 3. The van der Waals surface area contributed by atoms with Gasteiger partial charge < -0.3 is 4.74 Å². The van der Waals surface area contributed by atoms with Gasteiger partial charge >= 0.3 is 11.7 Å². The van der Waals surface area contributed by atoms with Crippen LogP contribution in [0.15, 0.2) is 72.8 Å². The highest BCUT2D eigenvalue weighted by Gasteiger charge is 2.51. The average Bonchev–Trinajstić information content (AvgIpc) is 2.89. The summed E-state index contributed by atoms with van der Waals surface area (Å²) in [6.45, 7) is 1.98. The Morgan fingerprint density at radius 3 is 2.46 bits per heavy atom. The van der Waals surface area contributed by atoms with Crippen LogP contribution in [-0.2, 0) is 10.5 Å². The maximum atomic E-state index is 12.4. The Kier molecular flexibility index (Phi) is 3.31. The molecule has 4 rings (SSSR count). The highest BCUT2D eigenvalue weighted by molar-refractivity contribution is 5.95. The number of rotatable bonds is 3. The van der Waals surface area contributed by atoms with Crippen molar-refractivity contribution in [2.45, 2.75) is 12.6 Å². The van der Waals surface area contributed by atoms with E-state index in [0.29, 0.717) is 5.56 Å². The molecule has 3 aromatic rings. The molecule has 2 N–H and O–H groups in total. The second-order valence-corrected chi connectivity index (χ2v) is 5.85. The van der Waals surface area contributed by atoms with Crippen LogP contribution in [0.4, 0.5) is 5.82 Å². The van der Waals surface area contributed by atoms with E-state index in [1.807, 2.05) is 73.7 Å². The zero-order valence-corrected chi connectivity index (χ0v) is 13.2. The van der Waals surface area contributed by atoms with Gasteiger partial charge in [-0.3, -0.25) is 0 Å². The Balaban J connectivity index is 1.91. The van der Waals surface area contributed by atoms with Crippen molar-refractivity contribution < 1.29 is 14.5 Å². The van der Waals surface area contributed by atoms with Gasteiger partial charge in [0.15, 0.2) is 0 Å². The van der Waals surface area contributed by atoms with E-state index in [0.717, 1.165) is 22.6 Å². The number of ether oxygens (including phenoxy) is 1. The highest BCUT2D eigenvalue weighted by atomic mass is 16.6. The number of nitrogens with one attached hydrogen (secondary N) is 2. The van der Waals surface area contributed by atoms with Crippen LogP contribution in [0.3, 0.4) is 0 Å². The average molecular weight is 317 g/mol. The molecule has 0 amide bonds. The van der Waals surface area contributed by atoms with Crippen LogP contribution in [0.5, 0.6) is 0 Å². The number of H-pyrrole nitrogens is 1. The first-order valence-electron chi connectivity index (χ1n) is 7.84. The smallest absolute Gasteiger partial charge is 0.342 e. The topological polar surface area (TPSA) is 52.5 Å². The third-order valence-electron chi connectivity index (χ3n) is 4.20. The molecule has 24 heavy (non-hydrogen) atoms. The number of pyridine rings is 1. The van der Waals surface area contributed by atoms with Crippen LogP contribution in [0.1, 0.15) is 27.2 Å². The largest absolute Gasteiger partial charge is 0.407 e. The van der Waals surface area contributed by atoms with Crippen LogP contribution in [-0.4, -0.2) is 5.97 Å². The molecule has 0 radical (unpaired) electrons. The quantitative estimate of drug-likeness (QED) is 0.754. The molecule has 0 fully saturated rings. The SMILES string of the molecule is Cc1cccc(N[C@]2(c3ccccc3)OC(=O)c3ccccc32)[nH+]1. The van der Waals surface area contributed by atoms with Gasteiger partial charge in [0, 0.05) is 11.6 Å². The van der Waals surface area contributed by atoms with Crippen LogP contribution in [0, 0.1) is 6.92 Å². The summed E-state index contributed by atoms with van der Waals surface area (Å²) in [4.78, 5) is 15.7. The van der Waals surface area contributed by atoms with E-state index in [1.165, 1.54) is 0 Å². The molecule has 0 unspecified atom stereocenters. The monoisotopic (exact) mass is 317 g/mol. The van der Waals surface area contributed by atoms with Gasteiger partial charge in [0.25, 0.3) is 5.82 Å². The summed E-state index contributed by atoms with van der Waals surface area (Å²) in [6, 6.07) is 23.1. The van der Waals surface area contributed by atoms with Crippen molar-refractivity contribution in [2.24, 2.45) is 0 Å². The van der Waals surface area contributed by atoms with Gasteiger partial charge in [0.1, 0.15) is 0 Å². The molecule has 4 nitrogen and oxygen atoms in total.